The van der Waals surface area contributed by atoms with Crippen molar-refractivity contribution in [1.29, 1.82) is 0 Å². The normalized spacial score (nSPS) is 13.0. The summed E-state index contributed by atoms with van der Waals surface area (Å²) in [5.74, 6) is 0. The Labute approximate surface area is 192 Å². The van der Waals surface area contributed by atoms with Gasteiger partial charge in [0.05, 0.1) is 0 Å². The maximum atomic E-state index is 10.7. The van der Waals surface area contributed by atoms with Crippen LogP contribution in [-0.4, -0.2) is 44.5 Å². The van der Waals surface area contributed by atoms with E-state index < -0.39 is 0 Å². The minimum absolute atomic E-state index is 0.547. The highest BCUT2D eigenvalue weighted by atomic mass is 32.1. The van der Waals surface area contributed by atoms with Crippen molar-refractivity contribution in [3.8, 4) is 10.4 Å². The van der Waals surface area contributed by atoms with Crippen molar-refractivity contribution in [2.45, 2.75) is 45.1 Å². The molecular weight excluding hydrogens is 404 g/mol. The molecule has 6 heteroatoms. The highest BCUT2D eigenvalue weighted by Gasteiger charge is 2.18. The molecule has 3 rings (SSSR count). The number of hydrogen-bond donors (Lipinski definition) is 3. The molecule has 1 aliphatic rings. The lowest BCUT2D eigenvalue weighted by atomic mass is 10.00. The number of hydrogen-bond acceptors (Lipinski definition) is 5. The van der Waals surface area contributed by atoms with Crippen LogP contribution in [0.5, 0.6) is 0 Å². The zero-order chi connectivity index (χ0) is 22.9. The van der Waals surface area contributed by atoms with Gasteiger partial charge in [-0.15, -0.1) is 24.5 Å². The molecule has 1 aromatic carbocycles. The molecule has 0 unspecified atom stereocenters. The monoisotopic (exact) mass is 444 g/mol. The van der Waals surface area contributed by atoms with Crippen molar-refractivity contribution in [3.63, 3.8) is 0 Å². The summed E-state index contributed by atoms with van der Waals surface area (Å²) in [6, 6.07) is 10.5. The number of unbranched alkanes of at least 4 members (excludes halogenated alkanes) is 1. The second-order valence-electron chi connectivity index (χ2n) is 7.21. The Hall–Kier alpha value is -1.99. The predicted molar refractivity (Wildman–Crippen MR) is 135 cm³/mol. The number of benzene rings is 1. The quantitative estimate of drug-likeness (QED) is 0.278. The van der Waals surface area contributed by atoms with E-state index in [2.05, 4.69) is 53.4 Å². The first-order valence-electron chi connectivity index (χ1n) is 11.2. The van der Waals surface area contributed by atoms with E-state index in [-0.39, 0.29) is 0 Å². The van der Waals surface area contributed by atoms with Crippen LogP contribution in [0.1, 0.15) is 41.7 Å². The number of aryl methyl sites for hydroxylation is 1. The van der Waals surface area contributed by atoms with Gasteiger partial charge in [-0.3, -0.25) is 4.79 Å². The topological polar surface area (TPSA) is 84.4 Å². The van der Waals surface area contributed by atoms with Crippen molar-refractivity contribution in [2.75, 3.05) is 33.2 Å². The molecule has 0 atom stereocenters. The van der Waals surface area contributed by atoms with Gasteiger partial charge in [0.15, 0.2) is 0 Å². The maximum Gasteiger partial charge on any atom is 0.207 e. The fourth-order valence-electron chi connectivity index (χ4n) is 3.97. The molecule has 5 N–H and O–H groups in total. The summed E-state index contributed by atoms with van der Waals surface area (Å²) in [5, 5.41) is 2.81. The molecule has 0 saturated carbocycles. The number of nitrogens with one attached hydrogen (secondary N) is 1. The molecule has 0 aliphatic carbocycles. The first-order valence-corrected chi connectivity index (χ1v) is 12.0. The van der Waals surface area contributed by atoms with E-state index in [0.717, 1.165) is 19.3 Å². The third kappa shape index (κ3) is 8.57. The number of nitrogens with zero attached hydrogens (tertiary/aromatic N) is 1. The summed E-state index contributed by atoms with van der Waals surface area (Å²) in [7, 11) is 1.50. The summed E-state index contributed by atoms with van der Waals surface area (Å²) in [6.07, 6.45) is 7.93. The largest absolute Gasteiger partial charge is 0.358 e. The second kappa shape index (κ2) is 16.7. The van der Waals surface area contributed by atoms with Crippen LogP contribution in [0.4, 0.5) is 0 Å². The smallest absolute Gasteiger partial charge is 0.207 e. The van der Waals surface area contributed by atoms with Crippen molar-refractivity contribution in [1.82, 2.24) is 10.2 Å². The molecule has 172 valence electrons. The number of carbonyl (C=O) groups excluding carboxylic acids is 1. The zero-order valence-corrected chi connectivity index (χ0v) is 19.9. The Kier molecular flexibility index (Phi) is 14.5. The molecule has 1 aromatic heterocycles. The molecule has 1 amide bonds. The number of amides is 1. The molecule has 0 radical (unpaired) electrons. The average Bonchev–Trinajstić information content (AvgIpc) is 3.48. The molecule has 0 spiro atoms. The number of carbonyl (C=O) groups is 1. The second-order valence-corrected chi connectivity index (χ2v) is 8.31. The van der Waals surface area contributed by atoms with Gasteiger partial charge in [-0.25, -0.2) is 0 Å². The number of rotatable bonds is 11. The highest BCUT2D eigenvalue weighted by molar-refractivity contribution is 7.15. The lowest BCUT2D eigenvalue weighted by Gasteiger charge is -2.14. The van der Waals surface area contributed by atoms with E-state index in [4.69, 9.17) is 5.73 Å². The van der Waals surface area contributed by atoms with E-state index in [1.807, 2.05) is 17.4 Å². The average molecular weight is 445 g/mol. The van der Waals surface area contributed by atoms with E-state index >= 15 is 0 Å². The van der Waals surface area contributed by atoms with Crippen LogP contribution in [0.25, 0.3) is 10.4 Å². The first kappa shape index (κ1) is 27.0. The molecule has 1 aliphatic heterocycles. The molecule has 0 bridgehead atoms. The highest BCUT2D eigenvalue weighted by Crippen LogP contribution is 2.37. The lowest BCUT2D eigenvalue weighted by Crippen LogP contribution is -2.20. The van der Waals surface area contributed by atoms with Crippen molar-refractivity contribution < 1.29 is 4.79 Å². The summed E-state index contributed by atoms with van der Waals surface area (Å²) in [4.78, 5) is 16.0. The lowest BCUT2D eigenvalue weighted by molar-refractivity contribution is -0.109. The molecule has 31 heavy (non-hydrogen) atoms. The van der Waals surface area contributed by atoms with Crippen molar-refractivity contribution in [3.05, 3.63) is 59.5 Å². The van der Waals surface area contributed by atoms with Crippen molar-refractivity contribution >= 4 is 17.7 Å². The minimum Gasteiger partial charge on any atom is -0.358 e. The fraction of sp³-hybridized carbons (Fsp3) is 0.480. The Morgan fingerprint density at radius 2 is 1.74 bits per heavy atom. The van der Waals surface area contributed by atoms with E-state index in [9.17, 15) is 4.79 Å². The Morgan fingerprint density at radius 3 is 2.35 bits per heavy atom. The van der Waals surface area contributed by atoms with Crippen molar-refractivity contribution in [2.24, 2.45) is 11.5 Å². The van der Waals surface area contributed by atoms with Gasteiger partial charge in [0.1, 0.15) is 0 Å². The number of nitrogens with two attached hydrogens (primary N) is 2. The van der Waals surface area contributed by atoms with Crippen LogP contribution in [0.15, 0.2) is 43.5 Å². The maximum absolute atomic E-state index is 10.7. The minimum atomic E-state index is 0.547. The van der Waals surface area contributed by atoms with E-state index in [0.29, 0.717) is 13.1 Å². The number of thiophene rings is 1. The van der Waals surface area contributed by atoms with Gasteiger partial charge >= 0.3 is 0 Å². The van der Waals surface area contributed by atoms with Gasteiger partial charge in [0, 0.05) is 22.8 Å². The van der Waals surface area contributed by atoms with Gasteiger partial charge in [0.2, 0.25) is 6.41 Å². The fourth-order valence-corrected chi connectivity index (χ4v) is 5.39. The standard InChI is InChI=1S/C22H31N3OS.C2H4.CH5N/c23-16-20-19(11-12-24-17-26)21(10-4-5-13-25-14-6-7-15-25)27-22(20)18-8-2-1-3-9-18;2*1-2/h1-3,8-9,17H,4-7,10-16,23H2,(H,24,26);1-2H2;2H2,1H3. The van der Waals surface area contributed by atoms with Crippen LogP contribution in [0.3, 0.4) is 0 Å². The van der Waals surface area contributed by atoms with Crippen LogP contribution >= 0.6 is 11.3 Å². The van der Waals surface area contributed by atoms with Crippen LogP contribution in [0, 0.1) is 0 Å². The molecule has 1 fully saturated rings. The van der Waals surface area contributed by atoms with Crippen LogP contribution in [0.2, 0.25) is 0 Å². The van der Waals surface area contributed by atoms with Gasteiger partial charge in [-0.1, -0.05) is 30.3 Å². The van der Waals surface area contributed by atoms with Crippen LogP contribution < -0.4 is 16.8 Å². The molecule has 5 nitrogen and oxygen atoms in total. The van der Waals surface area contributed by atoms with Gasteiger partial charge < -0.3 is 21.7 Å². The van der Waals surface area contributed by atoms with Crippen LogP contribution in [-0.2, 0) is 24.2 Å². The van der Waals surface area contributed by atoms with E-state index in [1.165, 1.54) is 78.8 Å². The Balaban J connectivity index is 0.00000113. The third-order valence-electron chi connectivity index (χ3n) is 5.37. The van der Waals surface area contributed by atoms with Gasteiger partial charge in [0.25, 0.3) is 0 Å². The Morgan fingerprint density at radius 1 is 1.06 bits per heavy atom. The molecule has 1 saturated heterocycles. The zero-order valence-electron chi connectivity index (χ0n) is 19.1. The summed E-state index contributed by atoms with van der Waals surface area (Å²) in [6.45, 7) is 11.0. The third-order valence-corrected chi connectivity index (χ3v) is 6.75. The summed E-state index contributed by atoms with van der Waals surface area (Å²) < 4.78 is 0. The summed E-state index contributed by atoms with van der Waals surface area (Å²) >= 11 is 1.89. The molecule has 2 aromatic rings. The van der Waals surface area contributed by atoms with E-state index in [1.54, 1.807) is 0 Å². The first-order chi connectivity index (χ1) is 15.3. The SMILES string of the molecule is C=C.CN.NCc1c(-c2ccccc2)sc(CCCCN2CCCC2)c1CCNC=O. The predicted octanol–water partition coefficient (Wildman–Crippen LogP) is 3.96. The number of likely N-dealkylation sites (tertiary alicyclic amines) is 1. The summed E-state index contributed by atoms with van der Waals surface area (Å²) in [5.41, 5.74) is 14.5. The Bertz CT molecular complexity index is 727. The van der Waals surface area contributed by atoms with Gasteiger partial charge in [-0.2, -0.15) is 0 Å². The molecular formula is C25H40N4OS. The van der Waals surface area contributed by atoms with Gasteiger partial charge in [-0.05, 0) is 81.9 Å². The molecule has 2 heterocycles.